The molecule has 0 bridgehead atoms. The predicted octanol–water partition coefficient (Wildman–Crippen LogP) is 0.999. The van der Waals surface area contributed by atoms with Gasteiger partial charge in [0.05, 0.1) is 18.3 Å². The molecule has 156 valence electrons. The van der Waals surface area contributed by atoms with Gasteiger partial charge in [0.15, 0.2) is 0 Å². The molecule has 0 saturated carbocycles. The van der Waals surface area contributed by atoms with Crippen molar-refractivity contribution >= 4 is 0 Å². The first-order valence-electron chi connectivity index (χ1n) is 10.7. The van der Waals surface area contributed by atoms with Gasteiger partial charge in [-0.05, 0) is 19.8 Å². The number of unbranched alkanes of at least 4 members (excludes halogenated alkanes) is 2. The van der Waals surface area contributed by atoms with Gasteiger partial charge in [0.2, 0.25) is 0 Å². The fourth-order valence-electron chi connectivity index (χ4n) is 3.56. The van der Waals surface area contributed by atoms with Crippen LogP contribution in [0.3, 0.4) is 0 Å². The van der Waals surface area contributed by atoms with Crippen LogP contribution in [-0.2, 0) is 0 Å². The van der Waals surface area contributed by atoms with E-state index in [0.29, 0.717) is 13.1 Å². The summed E-state index contributed by atoms with van der Waals surface area (Å²) in [6.45, 7) is 13.9. The second-order valence-electron chi connectivity index (χ2n) is 7.96. The van der Waals surface area contributed by atoms with Crippen molar-refractivity contribution in [3.05, 3.63) is 0 Å². The van der Waals surface area contributed by atoms with E-state index in [0.717, 1.165) is 65.1 Å². The molecule has 3 N–H and O–H groups in total. The zero-order valence-corrected chi connectivity index (χ0v) is 17.3. The molecular formula is C20H43N3O3. The van der Waals surface area contributed by atoms with Crippen LogP contribution in [0, 0.1) is 0 Å². The average Bonchev–Trinajstić information content (AvgIpc) is 2.60. The van der Waals surface area contributed by atoms with Gasteiger partial charge in [-0.1, -0.05) is 33.1 Å². The largest absolute Gasteiger partial charge is 0.392 e. The highest BCUT2D eigenvalue weighted by Gasteiger charge is 2.20. The molecule has 1 aliphatic heterocycles. The molecular weight excluding hydrogens is 330 g/mol. The lowest BCUT2D eigenvalue weighted by Crippen LogP contribution is -2.50. The van der Waals surface area contributed by atoms with E-state index >= 15 is 0 Å². The van der Waals surface area contributed by atoms with E-state index in [1.54, 1.807) is 6.92 Å². The van der Waals surface area contributed by atoms with E-state index in [9.17, 15) is 15.3 Å². The minimum atomic E-state index is -0.370. The van der Waals surface area contributed by atoms with Crippen molar-refractivity contribution in [1.29, 1.82) is 0 Å². The predicted molar refractivity (Wildman–Crippen MR) is 107 cm³/mol. The number of β-amino-alcohol motifs (C(OH)–C–C–N with tert-alkyl or cyclic N) is 1. The molecule has 6 heteroatoms. The van der Waals surface area contributed by atoms with E-state index in [-0.39, 0.29) is 18.3 Å². The van der Waals surface area contributed by atoms with Crippen LogP contribution < -0.4 is 0 Å². The van der Waals surface area contributed by atoms with Crippen LogP contribution in [0.1, 0.15) is 52.9 Å². The Labute approximate surface area is 160 Å². The molecule has 1 fully saturated rings. The highest BCUT2D eigenvalue weighted by molar-refractivity contribution is 4.76. The Bertz CT molecular complexity index is 336. The van der Waals surface area contributed by atoms with Gasteiger partial charge in [-0.15, -0.1) is 0 Å². The second-order valence-corrected chi connectivity index (χ2v) is 7.96. The summed E-state index contributed by atoms with van der Waals surface area (Å²) in [5.41, 5.74) is 0. The van der Waals surface area contributed by atoms with E-state index in [2.05, 4.69) is 21.6 Å². The Hall–Kier alpha value is -0.240. The number of piperazine rings is 1. The number of aliphatic hydroxyl groups is 3. The quantitative estimate of drug-likeness (QED) is 0.395. The van der Waals surface area contributed by atoms with E-state index in [1.165, 1.54) is 12.8 Å². The SMILES string of the molecule is CCCCCC(O)CN1CCN(CCN(CC(C)O)CC(O)CC)CC1. The summed E-state index contributed by atoms with van der Waals surface area (Å²) in [5, 5.41) is 29.7. The fraction of sp³-hybridized carbons (Fsp3) is 1.00. The average molecular weight is 374 g/mol. The van der Waals surface area contributed by atoms with Crippen LogP contribution in [0.2, 0.25) is 0 Å². The van der Waals surface area contributed by atoms with Crippen LogP contribution in [0.5, 0.6) is 0 Å². The number of rotatable bonds is 14. The first kappa shape index (κ1) is 23.8. The Morgan fingerprint density at radius 1 is 0.885 bits per heavy atom. The molecule has 0 aromatic rings. The van der Waals surface area contributed by atoms with Crippen molar-refractivity contribution in [2.24, 2.45) is 0 Å². The topological polar surface area (TPSA) is 70.4 Å². The lowest BCUT2D eigenvalue weighted by Gasteiger charge is -2.37. The normalized spacial score (nSPS) is 20.4. The number of hydrogen-bond acceptors (Lipinski definition) is 6. The Morgan fingerprint density at radius 3 is 2.12 bits per heavy atom. The maximum Gasteiger partial charge on any atom is 0.0667 e. The Balaban J connectivity index is 2.25. The molecule has 0 aromatic carbocycles. The van der Waals surface area contributed by atoms with Gasteiger partial charge in [-0.2, -0.15) is 0 Å². The second kappa shape index (κ2) is 13.9. The van der Waals surface area contributed by atoms with Gasteiger partial charge < -0.3 is 15.3 Å². The summed E-state index contributed by atoms with van der Waals surface area (Å²) < 4.78 is 0. The third-order valence-corrected chi connectivity index (χ3v) is 5.27. The zero-order chi connectivity index (χ0) is 19.4. The number of hydrogen-bond donors (Lipinski definition) is 3. The van der Waals surface area contributed by atoms with E-state index in [1.807, 2.05) is 6.92 Å². The summed E-state index contributed by atoms with van der Waals surface area (Å²) in [5.74, 6) is 0. The van der Waals surface area contributed by atoms with Crippen LogP contribution in [0.15, 0.2) is 0 Å². The third-order valence-electron chi connectivity index (χ3n) is 5.27. The minimum absolute atomic E-state index is 0.190. The minimum Gasteiger partial charge on any atom is -0.392 e. The highest BCUT2D eigenvalue weighted by atomic mass is 16.3. The molecule has 1 aliphatic rings. The first-order chi connectivity index (χ1) is 12.4. The van der Waals surface area contributed by atoms with Crippen molar-refractivity contribution in [1.82, 2.24) is 14.7 Å². The van der Waals surface area contributed by atoms with Crippen LogP contribution in [0.25, 0.3) is 0 Å². The maximum absolute atomic E-state index is 10.2. The van der Waals surface area contributed by atoms with E-state index in [4.69, 9.17) is 0 Å². The molecule has 1 saturated heterocycles. The monoisotopic (exact) mass is 373 g/mol. The smallest absolute Gasteiger partial charge is 0.0667 e. The first-order valence-corrected chi connectivity index (χ1v) is 10.7. The van der Waals surface area contributed by atoms with Crippen molar-refractivity contribution in [2.45, 2.75) is 71.2 Å². The summed E-state index contributed by atoms with van der Waals surface area (Å²) in [4.78, 5) is 7.00. The lowest BCUT2D eigenvalue weighted by molar-refractivity contribution is 0.0492. The van der Waals surface area contributed by atoms with Crippen molar-refractivity contribution in [3.8, 4) is 0 Å². The Morgan fingerprint density at radius 2 is 1.54 bits per heavy atom. The molecule has 3 atom stereocenters. The zero-order valence-electron chi connectivity index (χ0n) is 17.3. The lowest BCUT2D eigenvalue weighted by atomic mass is 10.1. The van der Waals surface area contributed by atoms with Crippen molar-refractivity contribution in [2.75, 3.05) is 58.9 Å². The number of nitrogens with zero attached hydrogens (tertiary/aromatic N) is 3. The summed E-state index contributed by atoms with van der Waals surface area (Å²) in [6.07, 6.45) is 4.32. The van der Waals surface area contributed by atoms with Crippen LogP contribution in [0.4, 0.5) is 0 Å². The summed E-state index contributed by atoms with van der Waals surface area (Å²) >= 11 is 0. The molecule has 3 unspecified atom stereocenters. The van der Waals surface area contributed by atoms with Gasteiger partial charge in [0.1, 0.15) is 0 Å². The molecule has 0 aromatic heterocycles. The molecule has 26 heavy (non-hydrogen) atoms. The highest BCUT2D eigenvalue weighted by Crippen LogP contribution is 2.08. The van der Waals surface area contributed by atoms with Gasteiger partial charge in [0, 0.05) is 58.9 Å². The molecule has 6 nitrogen and oxygen atoms in total. The van der Waals surface area contributed by atoms with Gasteiger partial charge in [-0.3, -0.25) is 14.7 Å². The number of aliphatic hydroxyl groups excluding tert-OH is 3. The summed E-state index contributed by atoms with van der Waals surface area (Å²) in [6, 6.07) is 0. The van der Waals surface area contributed by atoms with E-state index < -0.39 is 0 Å². The summed E-state index contributed by atoms with van der Waals surface area (Å²) in [7, 11) is 0. The van der Waals surface area contributed by atoms with Gasteiger partial charge in [0.25, 0.3) is 0 Å². The molecule has 0 spiro atoms. The Kier molecular flexibility index (Phi) is 12.7. The van der Waals surface area contributed by atoms with Crippen LogP contribution >= 0.6 is 0 Å². The van der Waals surface area contributed by atoms with Crippen LogP contribution in [-0.4, -0.2) is 107 Å². The van der Waals surface area contributed by atoms with Gasteiger partial charge in [-0.25, -0.2) is 0 Å². The molecule has 0 aliphatic carbocycles. The third kappa shape index (κ3) is 10.8. The standard InChI is InChI=1S/C20H43N3O3/c1-4-6-7-8-20(26)17-22-12-9-21(10-13-22)11-14-23(15-18(3)24)16-19(25)5-2/h18-20,24-26H,4-17H2,1-3H3. The molecule has 1 heterocycles. The van der Waals surface area contributed by atoms with Crippen molar-refractivity contribution in [3.63, 3.8) is 0 Å². The molecule has 0 amide bonds. The molecule has 1 rings (SSSR count). The maximum atomic E-state index is 10.2. The fourth-order valence-corrected chi connectivity index (χ4v) is 3.56. The molecule has 0 radical (unpaired) electrons. The van der Waals surface area contributed by atoms with Crippen molar-refractivity contribution < 1.29 is 15.3 Å². The van der Waals surface area contributed by atoms with Gasteiger partial charge >= 0.3 is 0 Å².